The first-order valence-corrected chi connectivity index (χ1v) is 9.45. The SMILES string of the molecule is Cc1cc(C)c(-c2nc(CC(N)=O)nn2C2CCS(=O)(=O)C2)cn1. The maximum absolute atomic E-state index is 11.8. The Balaban J connectivity index is 2.09. The Morgan fingerprint density at radius 1 is 1.42 bits per heavy atom. The summed E-state index contributed by atoms with van der Waals surface area (Å²) >= 11 is 0. The standard InChI is InChI=1S/C15H19N5O3S/c1-9-5-10(2)17-7-12(9)15-18-14(6-13(16)21)19-20(15)11-3-4-24(22,23)8-11/h5,7,11H,3-4,6,8H2,1-2H3,(H2,16,21). The molecule has 1 amide bonds. The predicted molar refractivity (Wildman–Crippen MR) is 87.9 cm³/mol. The molecule has 1 aliphatic heterocycles. The van der Waals surface area contributed by atoms with Crippen molar-refractivity contribution in [1.29, 1.82) is 0 Å². The lowest BCUT2D eigenvalue weighted by Gasteiger charge is -2.13. The van der Waals surface area contributed by atoms with Crippen LogP contribution in [0.25, 0.3) is 11.4 Å². The van der Waals surface area contributed by atoms with Crippen molar-refractivity contribution in [2.24, 2.45) is 5.73 Å². The molecule has 24 heavy (non-hydrogen) atoms. The highest BCUT2D eigenvalue weighted by atomic mass is 32.2. The average molecular weight is 349 g/mol. The number of sulfone groups is 1. The van der Waals surface area contributed by atoms with Crippen LogP contribution in [0.15, 0.2) is 12.3 Å². The summed E-state index contributed by atoms with van der Waals surface area (Å²) in [5.74, 6) is 0.446. The van der Waals surface area contributed by atoms with Gasteiger partial charge in [-0.1, -0.05) is 0 Å². The molecule has 1 fully saturated rings. The van der Waals surface area contributed by atoms with Gasteiger partial charge >= 0.3 is 0 Å². The maximum atomic E-state index is 11.8. The van der Waals surface area contributed by atoms with Crippen molar-refractivity contribution in [3.63, 3.8) is 0 Å². The van der Waals surface area contributed by atoms with Gasteiger partial charge in [-0.3, -0.25) is 9.78 Å². The zero-order valence-electron chi connectivity index (χ0n) is 13.6. The van der Waals surface area contributed by atoms with E-state index in [1.54, 1.807) is 10.9 Å². The first-order valence-electron chi connectivity index (χ1n) is 7.63. The Hall–Kier alpha value is -2.29. The lowest BCUT2D eigenvalue weighted by Crippen LogP contribution is -2.16. The van der Waals surface area contributed by atoms with Gasteiger partial charge in [0, 0.05) is 17.5 Å². The van der Waals surface area contributed by atoms with Crippen LogP contribution in [0, 0.1) is 13.8 Å². The second kappa shape index (κ2) is 5.97. The number of hydrogen-bond acceptors (Lipinski definition) is 6. The predicted octanol–water partition coefficient (Wildman–Crippen LogP) is 0.344. The molecule has 1 saturated heterocycles. The third-order valence-electron chi connectivity index (χ3n) is 4.05. The summed E-state index contributed by atoms with van der Waals surface area (Å²) in [6.07, 6.45) is 2.09. The van der Waals surface area contributed by atoms with E-state index in [0.717, 1.165) is 16.8 Å². The molecule has 0 bridgehead atoms. The molecule has 2 aromatic rings. The second-order valence-corrected chi connectivity index (χ2v) is 8.37. The van der Waals surface area contributed by atoms with E-state index >= 15 is 0 Å². The van der Waals surface area contributed by atoms with Crippen LogP contribution >= 0.6 is 0 Å². The van der Waals surface area contributed by atoms with E-state index < -0.39 is 15.7 Å². The zero-order valence-corrected chi connectivity index (χ0v) is 14.4. The Labute approximate surface area is 140 Å². The monoisotopic (exact) mass is 349 g/mol. The minimum Gasteiger partial charge on any atom is -0.369 e. The van der Waals surface area contributed by atoms with Crippen molar-refractivity contribution in [2.45, 2.75) is 32.7 Å². The Morgan fingerprint density at radius 3 is 2.75 bits per heavy atom. The molecular formula is C15H19N5O3S. The van der Waals surface area contributed by atoms with Crippen molar-refractivity contribution < 1.29 is 13.2 Å². The molecule has 3 heterocycles. The summed E-state index contributed by atoms with van der Waals surface area (Å²) in [4.78, 5) is 19.9. The number of hydrogen-bond donors (Lipinski definition) is 1. The summed E-state index contributed by atoms with van der Waals surface area (Å²) in [7, 11) is -3.07. The molecule has 1 aliphatic rings. The quantitative estimate of drug-likeness (QED) is 0.850. The van der Waals surface area contributed by atoms with Gasteiger partial charge in [-0.15, -0.1) is 0 Å². The van der Waals surface area contributed by atoms with Crippen molar-refractivity contribution in [3.05, 3.63) is 29.3 Å². The normalized spacial score (nSPS) is 19.5. The van der Waals surface area contributed by atoms with Crippen LogP contribution in [0.2, 0.25) is 0 Å². The van der Waals surface area contributed by atoms with Crippen LogP contribution < -0.4 is 5.73 Å². The molecule has 2 N–H and O–H groups in total. The highest BCUT2D eigenvalue weighted by Crippen LogP contribution is 2.29. The third-order valence-corrected chi connectivity index (χ3v) is 5.80. The van der Waals surface area contributed by atoms with Crippen molar-refractivity contribution >= 4 is 15.7 Å². The van der Waals surface area contributed by atoms with E-state index in [9.17, 15) is 13.2 Å². The van der Waals surface area contributed by atoms with Crippen LogP contribution in [0.1, 0.15) is 29.5 Å². The van der Waals surface area contributed by atoms with Crippen LogP contribution in [0.5, 0.6) is 0 Å². The molecule has 0 aliphatic carbocycles. The van der Waals surface area contributed by atoms with Gasteiger partial charge in [-0.25, -0.2) is 18.1 Å². The van der Waals surface area contributed by atoms with Crippen molar-refractivity contribution in [3.8, 4) is 11.4 Å². The van der Waals surface area contributed by atoms with Gasteiger partial charge in [0.15, 0.2) is 21.5 Å². The van der Waals surface area contributed by atoms with Crippen LogP contribution in [0.4, 0.5) is 0 Å². The summed E-state index contributed by atoms with van der Waals surface area (Å²) in [6, 6.07) is 1.63. The molecule has 0 saturated carbocycles. The van der Waals surface area contributed by atoms with E-state index in [-0.39, 0.29) is 24.0 Å². The smallest absolute Gasteiger partial charge is 0.225 e. The minimum atomic E-state index is -3.07. The summed E-state index contributed by atoms with van der Waals surface area (Å²) in [5, 5.41) is 4.35. The van der Waals surface area contributed by atoms with E-state index in [4.69, 9.17) is 5.73 Å². The van der Waals surface area contributed by atoms with Crippen molar-refractivity contribution in [2.75, 3.05) is 11.5 Å². The first kappa shape index (κ1) is 16.6. The minimum absolute atomic E-state index is 0.0255. The Bertz CT molecular complexity index is 904. The fraction of sp³-hybridized carbons (Fsp3) is 0.467. The number of rotatable bonds is 4. The molecule has 2 aromatic heterocycles. The highest BCUT2D eigenvalue weighted by molar-refractivity contribution is 7.91. The summed E-state index contributed by atoms with van der Waals surface area (Å²) < 4.78 is 25.2. The van der Waals surface area contributed by atoms with Gasteiger partial charge in [0.05, 0.1) is 24.0 Å². The summed E-state index contributed by atoms with van der Waals surface area (Å²) in [5.41, 5.74) is 7.84. The zero-order chi connectivity index (χ0) is 17.5. The summed E-state index contributed by atoms with van der Waals surface area (Å²) in [6.45, 7) is 3.83. The molecule has 9 heteroatoms. The fourth-order valence-corrected chi connectivity index (χ4v) is 4.63. The Morgan fingerprint density at radius 2 is 2.17 bits per heavy atom. The van der Waals surface area contributed by atoms with E-state index in [1.165, 1.54) is 0 Å². The Kier molecular flexibility index (Phi) is 4.12. The van der Waals surface area contributed by atoms with Gasteiger partial charge in [0.2, 0.25) is 5.91 Å². The number of pyridine rings is 1. The van der Waals surface area contributed by atoms with Gasteiger partial charge in [0.1, 0.15) is 0 Å². The molecule has 0 radical (unpaired) electrons. The highest BCUT2D eigenvalue weighted by Gasteiger charge is 2.32. The molecular weight excluding hydrogens is 330 g/mol. The molecule has 1 unspecified atom stereocenters. The van der Waals surface area contributed by atoms with Gasteiger partial charge in [-0.05, 0) is 31.9 Å². The van der Waals surface area contributed by atoms with Crippen LogP contribution in [0.3, 0.4) is 0 Å². The first-order chi connectivity index (χ1) is 11.2. The third kappa shape index (κ3) is 3.30. The van der Waals surface area contributed by atoms with Crippen LogP contribution in [-0.2, 0) is 21.1 Å². The van der Waals surface area contributed by atoms with E-state index in [0.29, 0.717) is 18.1 Å². The van der Waals surface area contributed by atoms with E-state index in [1.807, 2.05) is 19.9 Å². The molecule has 128 valence electrons. The molecule has 0 spiro atoms. The van der Waals surface area contributed by atoms with Gasteiger partial charge in [-0.2, -0.15) is 5.10 Å². The number of nitrogens with two attached hydrogens (primary N) is 1. The van der Waals surface area contributed by atoms with Crippen molar-refractivity contribution in [1.82, 2.24) is 19.7 Å². The maximum Gasteiger partial charge on any atom is 0.225 e. The molecule has 1 atom stereocenters. The number of amides is 1. The van der Waals surface area contributed by atoms with E-state index in [2.05, 4.69) is 15.1 Å². The average Bonchev–Trinajstić information content (AvgIpc) is 3.01. The molecule has 3 rings (SSSR count). The number of carbonyl (C=O) groups is 1. The topological polar surface area (TPSA) is 121 Å². The number of carbonyl (C=O) groups excluding carboxylic acids is 1. The molecule has 8 nitrogen and oxygen atoms in total. The number of aryl methyl sites for hydroxylation is 2. The largest absolute Gasteiger partial charge is 0.369 e. The number of nitrogens with zero attached hydrogens (tertiary/aromatic N) is 4. The fourth-order valence-electron chi connectivity index (χ4n) is 2.94. The van der Waals surface area contributed by atoms with Gasteiger partial charge < -0.3 is 5.73 Å². The lowest BCUT2D eigenvalue weighted by atomic mass is 10.1. The lowest BCUT2D eigenvalue weighted by molar-refractivity contribution is -0.117. The number of aromatic nitrogens is 4. The molecule has 0 aromatic carbocycles. The van der Waals surface area contributed by atoms with Gasteiger partial charge in [0.25, 0.3) is 0 Å². The van der Waals surface area contributed by atoms with Crippen LogP contribution in [-0.4, -0.2) is 45.6 Å². The second-order valence-electron chi connectivity index (χ2n) is 6.14. The number of primary amides is 1.